The molecule has 1 N–H and O–H groups in total. The molecular weight excluding hydrogens is 292 g/mol. The van der Waals surface area contributed by atoms with E-state index in [2.05, 4.69) is 4.98 Å². The maximum Gasteiger partial charge on any atom is 0.254 e. The molecule has 1 aliphatic heterocycles. The number of nitrogens with zero attached hydrogens (tertiary/aromatic N) is 2. The SMILES string of the molecule is Cc1cc(C(=O)N2CC[C@](O)(COc3ccccc3)C2)ccn1. The van der Waals surface area contributed by atoms with Gasteiger partial charge in [-0.2, -0.15) is 0 Å². The summed E-state index contributed by atoms with van der Waals surface area (Å²) in [6.07, 6.45) is 2.14. The van der Waals surface area contributed by atoms with Gasteiger partial charge in [0, 0.05) is 24.0 Å². The molecule has 0 aliphatic carbocycles. The van der Waals surface area contributed by atoms with Crippen LogP contribution in [0.3, 0.4) is 0 Å². The van der Waals surface area contributed by atoms with Crippen LogP contribution in [0, 0.1) is 6.92 Å². The molecule has 1 aromatic carbocycles. The van der Waals surface area contributed by atoms with Crippen molar-refractivity contribution in [2.75, 3.05) is 19.7 Å². The molecule has 1 amide bonds. The third-order valence-electron chi connectivity index (χ3n) is 4.01. The van der Waals surface area contributed by atoms with E-state index >= 15 is 0 Å². The number of benzene rings is 1. The predicted octanol–water partition coefficient (Wildman–Crippen LogP) is 2.05. The Morgan fingerprint density at radius 1 is 1.35 bits per heavy atom. The molecule has 0 bridgehead atoms. The number of hydrogen-bond acceptors (Lipinski definition) is 4. The summed E-state index contributed by atoms with van der Waals surface area (Å²) in [7, 11) is 0. The molecule has 2 aromatic rings. The van der Waals surface area contributed by atoms with Gasteiger partial charge in [0.1, 0.15) is 18.0 Å². The minimum atomic E-state index is -1.01. The van der Waals surface area contributed by atoms with Crippen LogP contribution >= 0.6 is 0 Å². The molecule has 1 aliphatic rings. The number of pyridine rings is 1. The number of aromatic nitrogens is 1. The summed E-state index contributed by atoms with van der Waals surface area (Å²) in [5.74, 6) is 0.640. The standard InChI is InChI=1S/C18H20N2O3/c1-14-11-15(7-9-19-14)17(21)20-10-8-18(22,12-20)13-23-16-5-3-2-4-6-16/h2-7,9,11,22H,8,10,12-13H2,1H3/t18-/m1/s1. The summed E-state index contributed by atoms with van der Waals surface area (Å²) in [6, 6.07) is 12.8. The molecule has 5 heteroatoms. The lowest BCUT2D eigenvalue weighted by Crippen LogP contribution is -2.40. The van der Waals surface area contributed by atoms with Gasteiger partial charge in [-0.25, -0.2) is 0 Å². The molecule has 0 radical (unpaired) electrons. The Hall–Kier alpha value is -2.40. The van der Waals surface area contributed by atoms with Crippen LogP contribution in [0.4, 0.5) is 0 Å². The smallest absolute Gasteiger partial charge is 0.254 e. The van der Waals surface area contributed by atoms with Crippen molar-refractivity contribution in [1.29, 1.82) is 0 Å². The van der Waals surface area contributed by atoms with Gasteiger partial charge >= 0.3 is 0 Å². The topological polar surface area (TPSA) is 62.7 Å². The quantitative estimate of drug-likeness (QED) is 0.938. The van der Waals surface area contributed by atoms with Crippen molar-refractivity contribution in [3.05, 3.63) is 59.9 Å². The molecule has 23 heavy (non-hydrogen) atoms. The van der Waals surface area contributed by atoms with Crippen LogP contribution in [0.1, 0.15) is 22.5 Å². The number of rotatable bonds is 4. The van der Waals surface area contributed by atoms with Crippen LogP contribution in [0.15, 0.2) is 48.7 Å². The molecular formula is C18H20N2O3. The number of para-hydroxylation sites is 1. The third-order valence-corrected chi connectivity index (χ3v) is 4.01. The highest BCUT2D eigenvalue weighted by Crippen LogP contribution is 2.24. The second kappa shape index (κ2) is 6.38. The molecule has 1 aromatic heterocycles. The van der Waals surface area contributed by atoms with Gasteiger partial charge in [-0.1, -0.05) is 18.2 Å². The average Bonchev–Trinajstić information content (AvgIpc) is 2.96. The zero-order valence-corrected chi connectivity index (χ0v) is 13.1. The van der Waals surface area contributed by atoms with Crippen LogP contribution in [-0.4, -0.2) is 46.2 Å². The third kappa shape index (κ3) is 3.68. The Balaban J connectivity index is 1.62. The highest BCUT2D eigenvalue weighted by Gasteiger charge is 2.39. The van der Waals surface area contributed by atoms with E-state index in [4.69, 9.17) is 4.74 Å². The molecule has 1 atom stereocenters. The van der Waals surface area contributed by atoms with E-state index in [1.165, 1.54) is 0 Å². The number of carbonyl (C=O) groups excluding carboxylic acids is 1. The first-order valence-corrected chi connectivity index (χ1v) is 7.68. The second-order valence-corrected chi connectivity index (χ2v) is 5.99. The van der Waals surface area contributed by atoms with E-state index < -0.39 is 5.60 Å². The zero-order chi connectivity index (χ0) is 16.3. The minimum Gasteiger partial charge on any atom is -0.491 e. The largest absolute Gasteiger partial charge is 0.491 e. The van der Waals surface area contributed by atoms with Crippen molar-refractivity contribution in [3.63, 3.8) is 0 Å². The fourth-order valence-corrected chi connectivity index (χ4v) is 2.74. The number of likely N-dealkylation sites (tertiary alicyclic amines) is 1. The van der Waals surface area contributed by atoms with Gasteiger partial charge in [0.2, 0.25) is 0 Å². The Labute approximate surface area is 135 Å². The number of amides is 1. The van der Waals surface area contributed by atoms with Crippen molar-refractivity contribution < 1.29 is 14.6 Å². The highest BCUT2D eigenvalue weighted by molar-refractivity contribution is 5.94. The van der Waals surface area contributed by atoms with E-state index in [0.717, 1.165) is 11.4 Å². The summed E-state index contributed by atoms with van der Waals surface area (Å²) in [5, 5.41) is 10.6. The van der Waals surface area contributed by atoms with Gasteiger partial charge < -0.3 is 14.7 Å². The molecule has 5 nitrogen and oxygen atoms in total. The van der Waals surface area contributed by atoms with Gasteiger partial charge in [-0.05, 0) is 37.6 Å². The van der Waals surface area contributed by atoms with Gasteiger partial charge in [-0.15, -0.1) is 0 Å². The van der Waals surface area contributed by atoms with Crippen LogP contribution in [0.25, 0.3) is 0 Å². The number of aryl methyl sites for hydroxylation is 1. The molecule has 3 rings (SSSR count). The van der Waals surface area contributed by atoms with E-state index in [-0.39, 0.29) is 19.1 Å². The molecule has 120 valence electrons. The van der Waals surface area contributed by atoms with Crippen molar-refractivity contribution in [2.45, 2.75) is 18.9 Å². The van der Waals surface area contributed by atoms with Crippen molar-refractivity contribution in [2.24, 2.45) is 0 Å². The fourth-order valence-electron chi connectivity index (χ4n) is 2.74. The predicted molar refractivity (Wildman–Crippen MR) is 86.4 cm³/mol. The Kier molecular flexibility index (Phi) is 4.30. The maximum atomic E-state index is 12.5. The minimum absolute atomic E-state index is 0.0777. The fraction of sp³-hybridized carbons (Fsp3) is 0.333. The zero-order valence-electron chi connectivity index (χ0n) is 13.1. The van der Waals surface area contributed by atoms with Crippen LogP contribution in [-0.2, 0) is 0 Å². The van der Waals surface area contributed by atoms with E-state index in [1.54, 1.807) is 23.2 Å². The summed E-state index contributed by atoms with van der Waals surface area (Å²) >= 11 is 0. The van der Waals surface area contributed by atoms with E-state index in [0.29, 0.717) is 18.5 Å². The summed E-state index contributed by atoms with van der Waals surface area (Å²) in [4.78, 5) is 18.3. The van der Waals surface area contributed by atoms with E-state index in [1.807, 2.05) is 37.3 Å². The number of β-amino-alcohol motifs (C(OH)–C–C–N with tert-alkyl or cyclic N) is 1. The van der Waals surface area contributed by atoms with Gasteiger partial charge in [0.15, 0.2) is 0 Å². The summed E-state index contributed by atoms with van der Waals surface area (Å²) < 4.78 is 5.65. The lowest BCUT2D eigenvalue weighted by molar-refractivity contribution is 0.00431. The molecule has 0 unspecified atom stereocenters. The van der Waals surface area contributed by atoms with E-state index in [9.17, 15) is 9.90 Å². The van der Waals surface area contributed by atoms with Crippen LogP contribution in [0.2, 0.25) is 0 Å². The Bertz CT molecular complexity index is 690. The Morgan fingerprint density at radius 2 is 2.13 bits per heavy atom. The number of hydrogen-bond donors (Lipinski definition) is 1. The summed E-state index contributed by atoms with van der Waals surface area (Å²) in [6.45, 7) is 2.83. The number of carbonyl (C=O) groups is 1. The van der Waals surface area contributed by atoms with Crippen molar-refractivity contribution in [3.8, 4) is 5.75 Å². The molecule has 0 saturated carbocycles. The van der Waals surface area contributed by atoms with Crippen LogP contribution < -0.4 is 4.74 Å². The molecule has 1 fully saturated rings. The second-order valence-electron chi connectivity index (χ2n) is 5.99. The van der Waals surface area contributed by atoms with Gasteiger partial charge in [0.25, 0.3) is 5.91 Å². The average molecular weight is 312 g/mol. The molecule has 1 saturated heterocycles. The normalized spacial score (nSPS) is 20.5. The Morgan fingerprint density at radius 3 is 2.87 bits per heavy atom. The maximum absolute atomic E-state index is 12.5. The number of ether oxygens (including phenoxy) is 1. The lowest BCUT2D eigenvalue weighted by Gasteiger charge is -2.23. The lowest BCUT2D eigenvalue weighted by atomic mass is 10.1. The van der Waals surface area contributed by atoms with Gasteiger partial charge in [-0.3, -0.25) is 9.78 Å². The first-order valence-electron chi connectivity index (χ1n) is 7.68. The van der Waals surface area contributed by atoms with Crippen molar-refractivity contribution in [1.82, 2.24) is 9.88 Å². The highest BCUT2D eigenvalue weighted by atomic mass is 16.5. The van der Waals surface area contributed by atoms with Crippen molar-refractivity contribution >= 4 is 5.91 Å². The van der Waals surface area contributed by atoms with Crippen LogP contribution in [0.5, 0.6) is 5.75 Å². The molecule has 2 heterocycles. The first kappa shape index (κ1) is 15.5. The summed E-state index contributed by atoms with van der Waals surface area (Å²) in [5.41, 5.74) is 0.400. The monoisotopic (exact) mass is 312 g/mol. The van der Waals surface area contributed by atoms with Gasteiger partial charge in [0.05, 0.1) is 6.54 Å². The number of aliphatic hydroxyl groups is 1. The first-order chi connectivity index (χ1) is 11.1. The molecule has 0 spiro atoms.